The lowest BCUT2D eigenvalue weighted by Crippen LogP contribution is -2.44. The molecule has 0 aromatic rings. The molecule has 0 amide bonds. The first-order valence-electron chi connectivity index (χ1n) is 10.6. The maximum absolute atomic E-state index is 2.68. The molecule has 2 atom stereocenters. The zero-order valence-electron chi connectivity index (χ0n) is 17.9. The molecule has 2 unspecified atom stereocenters. The SMILES string of the molecule is CC(C)C1=CCN(C(C)CCC(C)C2=CCN(C(C)(C)C)CC2)CC1. The largest absolute Gasteiger partial charge is 0.297 e. The Balaban J connectivity index is 1.77. The predicted octanol–water partition coefficient (Wildman–Crippen LogP) is 5.51. The summed E-state index contributed by atoms with van der Waals surface area (Å²) < 4.78 is 0. The first-order valence-corrected chi connectivity index (χ1v) is 10.6. The molecule has 2 heterocycles. The second-order valence-corrected chi connectivity index (χ2v) is 9.65. The van der Waals surface area contributed by atoms with E-state index >= 15 is 0 Å². The van der Waals surface area contributed by atoms with E-state index < -0.39 is 0 Å². The van der Waals surface area contributed by atoms with E-state index in [2.05, 4.69) is 70.4 Å². The average molecular weight is 347 g/mol. The highest BCUT2D eigenvalue weighted by molar-refractivity contribution is 5.12. The van der Waals surface area contributed by atoms with Crippen molar-refractivity contribution in [1.29, 1.82) is 0 Å². The number of hydrogen-bond donors (Lipinski definition) is 0. The molecule has 2 aliphatic rings. The fraction of sp³-hybridized carbons (Fsp3) is 0.826. The highest BCUT2D eigenvalue weighted by Crippen LogP contribution is 2.28. The normalized spacial score (nSPS) is 23.4. The second kappa shape index (κ2) is 8.86. The van der Waals surface area contributed by atoms with Crippen LogP contribution < -0.4 is 0 Å². The fourth-order valence-corrected chi connectivity index (χ4v) is 4.23. The number of rotatable bonds is 6. The molecule has 0 aromatic carbocycles. The first-order chi connectivity index (χ1) is 11.7. The predicted molar refractivity (Wildman–Crippen MR) is 111 cm³/mol. The van der Waals surface area contributed by atoms with Gasteiger partial charge in [-0.05, 0) is 65.2 Å². The zero-order chi connectivity index (χ0) is 18.6. The summed E-state index contributed by atoms with van der Waals surface area (Å²) >= 11 is 0. The molecule has 25 heavy (non-hydrogen) atoms. The van der Waals surface area contributed by atoms with E-state index in [1.807, 2.05) is 0 Å². The summed E-state index contributed by atoms with van der Waals surface area (Å²) in [7, 11) is 0. The van der Waals surface area contributed by atoms with Crippen LogP contribution in [0.5, 0.6) is 0 Å². The molecule has 0 aromatic heterocycles. The topological polar surface area (TPSA) is 6.48 Å². The molecule has 0 fully saturated rings. The molecule has 0 radical (unpaired) electrons. The Hall–Kier alpha value is -0.600. The van der Waals surface area contributed by atoms with Crippen molar-refractivity contribution in [2.45, 2.75) is 85.7 Å². The molecule has 0 saturated heterocycles. The smallest absolute Gasteiger partial charge is 0.0171 e. The summed E-state index contributed by atoms with van der Waals surface area (Å²) in [5.74, 6) is 1.47. The van der Waals surface area contributed by atoms with Crippen LogP contribution in [0.3, 0.4) is 0 Å². The summed E-state index contributed by atoms with van der Waals surface area (Å²) in [4.78, 5) is 5.27. The molecule has 0 saturated carbocycles. The van der Waals surface area contributed by atoms with Gasteiger partial charge in [-0.3, -0.25) is 9.80 Å². The molecule has 2 heteroatoms. The van der Waals surface area contributed by atoms with Crippen molar-refractivity contribution in [2.75, 3.05) is 26.2 Å². The van der Waals surface area contributed by atoms with Crippen LogP contribution in [0.4, 0.5) is 0 Å². The summed E-state index contributed by atoms with van der Waals surface area (Å²) in [5.41, 5.74) is 3.66. The lowest BCUT2D eigenvalue weighted by Gasteiger charge is -2.39. The highest BCUT2D eigenvalue weighted by atomic mass is 15.2. The lowest BCUT2D eigenvalue weighted by molar-refractivity contribution is 0.146. The first kappa shape index (κ1) is 20.7. The quantitative estimate of drug-likeness (QED) is 0.585. The molecule has 144 valence electrons. The van der Waals surface area contributed by atoms with Gasteiger partial charge in [-0.15, -0.1) is 0 Å². The van der Waals surface area contributed by atoms with Crippen LogP contribution in [0.15, 0.2) is 23.3 Å². The average Bonchev–Trinajstić information content (AvgIpc) is 2.58. The van der Waals surface area contributed by atoms with Crippen LogP contribution in [-0.4, -0.2) is 47.6 Å². The fourth-order valence-electron chi connectivity index (χ4n) is 4.23. The van der Waals surface area contributed by atoms with E-state index in [1.54, 1.807) is 11.1 Å². The standard InChI is InChI=1S/C23H42N2/c1-18(2)21-10-14-24(15-11-21)20(4)9-8-19(3)22-12-16-25(17-13-22)23(5,6)7/h10,12,18-20H,8-9,11,13-17H2,1-7H3. The molecule has 0 aliphatic carbocycles. The van der Waals surface area contributed by atoms with E-state index in [4.69, 9.17) is 0 Å². The van der Waals surface area contributed by atoms with Crippen LogP contribution in [0.2, 0.25) is 0 Å². The third-order valence-electron chi connectivity index (χ3n) is 6.48. The Labute approximate surface area is 157 Å². The van der Waals surface area contributed by atoms with Crippen LogP contribution in [0.25, 0.3) is 0 Å². The maximum Gasteiger partial charge on any atom is 0.0171 e. The molecule has 2 rings (SSSR count). The maximum atomic E-state index is 2.68. The van der Waals surface area contributed by atoms with Crippen molar-refractivity contribution in [3.63, 3.8) is 0 Å². The van der Waals surface area contributed by atoms with Crippen molar-refractivity contribution in [3.05, 3.63) is 23.3 Å². The summed E-state index contributed by atoms with van der Waals surface area (Å²) in [6.07, 6.45) is 10.2. The summed E-state index contributed by atoms with van der Waals surface area (Å²) in [5, 5.41) is 0. The molecule has 2 aliphatic heterocycles. The van der Waals surface area contributed by atoms with Gasteiger partial charge >= 0.3 is 0 Å². The van der Waals surface area contributed by atoms with E-state index in [1.165, 1.54) is 38.8 Å². The number of nitrogens with zero attached hydrogens (tertiary/aromatic N) is 2. The van der Waals surface area contributed by atoms with Crippen LogP contribution in [-0.2, 0) is 0 Å². The Morgan fingerprint density at radius 3 is 2.00 bits per heavy atom. The molecular weight excluding hydrogens is 304 g/mol. The van der Waals surface area contributed by atoms with Crippen molar-refractivity contribution in [2.24, 2.45) is 11.8 Å². The van der Waals surface area contributed by atoms with Gasteiger partial charge in [0.05, 0.1) is 0 Å². The molecule has 2 nitrogen and oxygen atoms in total. The van der Waals surface area contributed by atoms with E-state index in [0.717, 1.165) is 24.9 Å². The highest BCUT2D eigenvalue weighted by Gasteiger charge is 2.25. The minimum atomic E-state index is 0.302. The molecule has 0 bridgehead atoms. The summed E-state index contributed by atoms with van der Waals surface area (Å²) in [6.45, 7) is 21.3. The van der Waals surface area contributed by atoms with Gasteiger partial charge in [-0.1, -0.05) is 44.1 Å². The zero-order valence-corrected chi connectivity index (χ0v) is 17.9. The molecule has 0 spiro atoms. The Kier molecular flexibility index (Phi) is 7.34. The Morgan fingerprint density at radius 1 is 0.880 bits per heavy atom. The third kappa shape index (κ3) is 5.96. The number of hydrogen-bond acceptors (Lipinski definition) is 2. The van der Waals surface area contributed by atoms with Gasteiger partial charge in [0.15, 0.2) is 0 Å². The van der Waals surface area contributed by atoms with Gasteiger partial charge in [-0.25, -0.2) is 0 Å². The van der Waals surface area contributed by atoms with Crippen molar-refractivity contribution in [3.8, 4) is 0 Å². The van der Waals surface area contributed by atoms with Crippen molar-refractivity contribution in [1.82, 2.24) is 9.80 Å². The summed E-state index contributed by atoms with van der Waals surface area (Å²) in [6, 6.07) is 0.711. The van der Waals surface area contributed by atoms with Gasteiger partial charge in [0.1, 0.15) is 0 Å². The van der Waals surface area contributed by atoms with Gasteiger partial charge in [0.25, 0.3) is 0 Å². The molecule has 0 N–H and O–H groups in total. The van der Waals surface area contributed by atoms with Gasteiger partial charge in [0, 0.05) is 37.8 Å². The van der Waals surface area contributed by atoms with Crippen LogP contribution in [0.1, 0.15) is 74.1 Å². The lowest BCUT2D eigenvalue weighted by atomic mass is 9.88. The van der Waals surface area contributed by atoms with E-state index in [9.17, 15) is 0 Å². The van der Waals surface area contributed by atoms with Crippen molar-refractivity contribution >= 4 is 0 Å². The van der Waals surface area contributed by atoms with E-state index in [0.29, 0.717) is 11.6 Å². The van der Waals surface area contributed by atoms with Crippen molar-refractivity contribution < 1.29 is 0 Å². The third-order valence-corrected chi connectivity index (χ3v) is 6.48. The second-order valence-electron chi connectivity index (χ2n) is 9.65. The minimum Gasteiger partial charge on any atom is -0.297 e. The van der Waals surface area contributed by atoms with Crippen LogP contribution >= 0.6 is 0 Å². The van der Waals surface area contributed by atoms with Gasteiger partial charge in [0.2, 0.25) is 0 Å². The van der Waals surface area contributed by atoms with E-state index in [-0.39, 0.29) is 0 Å². The van der Waals surface area contributed by atoms with Crippen LogP contribution in [0, 0.1) is 11.8 Å². The van der Waals surface area contributed by atoms with Gasteiger partial charge < -0.3 is 0 Å². The molecular formula is C23H42N2. The minimum absolute atomic E-state index is 0.302. The van der Waals surface area contributed by atoms with Gasteiger partial charge in [-0.2, -0.15) is 0 Å². The Bertz CT molecular complexity index is 481. The Morgan fingerprint density at radius 2 is 1.52 bits per heavy atom. The monoisotopic (exact) mass is 346 g/mol.